The van der Waals surface area contributed by atoms with E-state index in [4.69, 9.17) is 19.3 Å². The van der Waals surface area contributed by atoms with Crippen LogP contribution in [0.3, 0.4) is 0 Å². The largest absolute Gasteiger partial charge is 0.467 e. The SMILES string of the molecule is COC(=O)[C@@H]1[C@H](OC(C)=O)CC[C@H](CCO)N1C(=O)OC. The molecule has 1 heterocycles. The third-order valence-corrected chi connectivity index (χ3v) is 3.44. The maximum absolute atomic E-state index is 12.0. The number of rotatable bonds is 4. The van der Waals surface area contributed by atoms with Crippen LogP contribution in [0.5, 0.6) is 0 Å². The minimum absolute atomic E-state index is 0.135. The van der Waals surface area contributed by atoms with E-state index in [-0.39, 0.29) is 12.6 Å². The molecule has 1 amide bonds. The molecule has 1 aliphatic rings. The molecule has 1 rings (SSSR count). The standard InChI is InChI=1S/C13H21NO7/c1-8(16)21-10-5-4-9(6-7-15)14(13(18)20-3)11(10)12(17)19-2/h9-11,15H,4-7H2,1-3H3/t9-,10-,11+/m1/s1. The maximum atomic E-state index is 12.0. The fourth-order valence-corrected chi connectivity index (χ4v) is 2.58. The third kappa shape index (κ3) is 4.07. The van der Waals surface area contributed by atoms with E-state index in [1.165, 1.54) is 26.0 Å². The highest BCUT2D eigenvalue weighted by molar-refractivity contribution is 5.83. The van der Waals surface area contributed by atoms with Crippen molar-refractivity contribution in [3.05, 3.63) is 0 Å². The zero-order valence-electron chi connectivity index (χ0n) is 12.4. The minimum atomic E-state index is -1.07. The summed E-state index contributed by atoms with van der Waals surface area (Å²) in [5.74, 6) is -1.23. The fraction of sp³-hybridized carbons (Fsp3) is 0.769. The Kier molecular flexibility index (Phi) is 6.41. The van der Waals surface area contributed by atoms with Crippen molar-refractivity contribution in [2.24, 2.45) is 0 Å². The number of carbonyl (C=O) groups is 3. The van der Waals surface area contributed by atoms with Gasteiger partial charge in [0.1, 0.15) is 6.10 Å². The van der Waals surface area contributed by atoms with Gasteiger partial charge in [-0.3, -0.25) is 9.69 Å². The Bertz CT molecular complexity index is 398. The third-order valence-electron chi connectivity index (χ3n) is 3.44. The lowest BCUT2D eigenvalue weighted by atomic mass is 9.91. The number of ether oxygens (including phenoxy) is 3. The molecule has 0 unspecified atom stereocenters. The molecule has 0 aromatic rings. The van der Waals surface area contributed by atoms with E-state index in [0.717, 1.165) is 0 Å². The lowest BCUT2D eigenvalue weighted by Crippen LogP contribution is -2.60. The molecule has 21 heavy (non-hydrogen) atoms. The van der Waals surface area contributed by atoms with Gasteiger partial charge in [-0.15, -0.1) is 0 Å². The number of carbonyl (C=O) groups excluding carboxylic acids is 3. The van der Waals surface area contributed by atoms with Crippen molar-refractivity contribution in [3.63, 3.8) is 0 Å². The monoisotopic (exact) mass is 303 g/mol. The number of hydrogen-bond donors (Lipinski definition) is 1. The first kappa shape index (κ1) is 17.2. The molecule has 1 N–H and O–H groups in total. The molecule has 1 aliphatic heterocycles. The summed E-state index contributed by atoms with van der Waals surface area (Å²) in [4.78, 5) is 36.4. The topological polar surface area (TPSA) is 102 Å². The Labute approximate surface area is 122 Å². The Morgan fingerprint density at radius 2 is 1.86 bits per heavy atom. The van der Waals surface area contributed by atoms with E-state index in [2.05, 4.69) is 0 Å². The summed E-state index contributed by atoms with van der Waals surface area (Å²) >= 11 is 0. The van der Waals surface area contributed by atoms with Gasteiger partial charge in [0.15, 0.2) is 6.04 Å². The Morgan fingerprint density at radius 1 is 1.19 bits per heavy atom. The molecular weight excluding hydrogens is 282 g/mol. The molecular formula is C13H21NO7. The Balaban J connectivity index is 3.10. The van der Waals surface area contributed by atoms with Gasteiger partial charge in [0, 0.05) is 19.6 Å². The van der Waals surface area contributed by atoms with Gasteiger partial charge in [0.05, 0.1) is 14.2 Å². The van der Waals surface area contributed by atoms with Gasteiger partial charge in [-0.25, -0.2) is 9.59 Å². The van der Waals surface area contributed by atoms with E-state index in [9.17, 15) is 14.4 Å². The molecule has 0 radical (unpaired) electrons. The second-order valence-corrected chi connectivity index (χ2v) is 4.74. The van der Waals surface area contributed by atoms with Gasteiger partial charge >= 0.3 is 18.0 Å². The predicted octanol–water partition coefficient (Wildman–Crippen LogP) is 0.0729. The van der Waals surface area contributed by atoms with Crippen molar-refractivity contribution in [1.82, 2.24) is 4.90 Å². The molecule has 0 aromatic carbocycles. The molecule has 1 fully saturated rings. The van der Waals surface area contributed by atoms with Crippen LogP contribution in [0, 0.1) is 0 Å². The van der Waals surface area contributed by atoms with Crippen LogP contribution >= 0.6 is 0 Å². The van der Waals surface area contributed by atoms with Crippen LogP contribution in [0.2, 0.25) is 0 Å². The summed E-state index contributed by atoms with van der Waals surface area (Å²) in [5, 5.41) is 9.10. The van der Waals surface area contributed by atoms with E-state index in [1.54, 1.807) is 0 Å². The smallest absolute Gasteiger partial charge is 0.410 e. The highest BCUT2D eigenvalue weighted by Gasteiger charge is 2.46. The van der Waals surface area contributed by atoms with Crippen LogP contribution in [-0.2, 0) is 23.8 Å². The predicted molar refractivity (Wildman–Crippen MR) is 70.3 cm³/mol. The van der Waals surface area contributed by atoms with E-state index >= 15 is 0 Å². The molecule has 0 aromatic heterocycles. The lowest BCUT2D eigenvalue weighted by molar-refractivity contribution is -0.166. The summed E-state index contributed by atoms with van der Waals surface area (Å²) in [6.45, 7) is 1.10. The van der Waals surface area contributed by atoms with Crippen molar-refractivity contribution in [2.45, 2.75) is 44.4 Å². The number of amides is 1. The second kappa shape index (κ2) is 7.82. The van der Waals surface area contributed by atoms with Crippen molar-refractivity contribution in [2.75, 3.05) is 20.8 Å². The van der Waals surface area contributed by atoms with Gasteiger partial charge in [-0.2, -0.15) is 0 Å². The molecule has 0 saturated carbocycles. The van der Waals surface area contributed by atoms with E-state index < -0.39 is 30.2 Å². The zero-order valence-corrected chi connectivity index (χ0v) is 12.4. The highest BCUT2D eigenvalue weighted by Crippen LogP contribution is 2.29. The average Bonchev–Trinajstić information content (AvgIpc) is 2.46. The van der Waals surface area contributed by atoms with Crippen molar-refractivity contribution in [1.29, 1.82) is 0 Å². The van der Waals surface area contributed by atoms with Crippen LogP contribution in [0.4, 0.5) is 4.79 Å². The highest BCUT2D eigenvalue weighted by atomic mass is 16.6. The van der Waals surface area contributed by atoms with Crippen molar-refractivity contribution >= 4 is 18.0 Å². The Hall–Kier alpha value is -1.83. The Morgan fingerprint density at radius 3 is 2.33 bits per heavy atom. The summed E-state index contributed by atoms with van der Waals surface area (Å²) < 4.78 is 14.5. The van der Waals surface area contributed by atoms with E-state index in [1.807, 2.05) is 0 Å². The summed E-state index contributed by atoms with van der Waals surface area (Å²) in [6, 6.07) is -1.45. The minimum Gasteiger partial charge on any atom is -0.467 e. The first-order valence-corrected chi connectivity index (χ1v) is 6.68. The number of likely N-dealkylation sites (tertiary alicyclic amines) is 1. The van der Waals surface area contributed by atoms with Crippen molar-refractivity contribution in [3.8, 4) is 0 Å². The average molecular weight is 303 g/mol. The molecule has 8 heteroatoms. The van der Waals surface area contributed by atoms with Gasteiger partial charge in [-0.1, -0.05) is 0 Å². The maximum Gasteiger partial charge on any atom is 0.410 e. The number of piperidine rings is 1. The number of esters is 2. The van der Waals surface area contributed by atoms with Crippen LogP contribution in [0.25, 0.3) is 0 Å². The van der Waals surface area contributed by atoms with Crippen LogP contribution < -0.4 is 0 Å². The second-order valence-electron chi connectivity index (χ2n) is 4.74. The van der Waals surface area contributed by atoms with Crippen molar-refractivity contribution < 1.29 is 33.7 Å². The van der Waals surface area contributed by atoms with Gasteiger partial charge in [0.25, 0.3) is 0 Å². The van der Waals surface area contributed by atoms with E-state index in [0.29, 0.717) is 19.3 Å². The van der Waals surface area contributed by atoms with Gasteiger partial charge in [0.2, 0.25) is 0 Å². The lowest BCUT2D eigenvalue weighted by Gasteiger charge is -2.43. The molecule has 0 bridgehead atoms. The normalized spacial score (nSPS) is 25.1. The summed E-state index contributed by atoms with van der Waals surface area (Å²) in [7, 11) is 2.39. The number of aliphatic hydroxyl groups excluding tert-OH is 1. The quantitative estimate of drug-likeness (QED) is 0.579. The first-order valence-electron chi connectivity index (χ1n) is 6.68. The number of methoxy groups -OCH3 is 2. The fourth-order valence-electron chi connectivity index (χ4n) is 2.58. The van der Waals surface area contributed by atoms with Crippen LogP contribution in [-0.4, -0.2) is 67.1 Å². The molecule has 8 nitrogen and oxygen atoms in total. The van der Waals surface area contributed by atoms with Gasteiger partial charge < -0.3 is 19.3 Å². The number of nitrogens with zero attached hydrogens (tertiary/aromatic N) is 1. The summed E-state index contributed by atoms with van der Waals surface area (Å²) in [6.07, 6.45) is -0.321. The van der Waals surface area contributed by atoms with Gasteiger partial charge in [-0.05, 0) is 19.3 Å². The molecule has 120 valence electrons. The summed E-state index contributed by atoms with van der Waals surface area (Å²) in [5.41, 5.74) is 0. The first-order chi connectivity index (χ1) is 9.96. The molecule has 0 spiro atoms. The van der Waals surface area contributed by atoms with Crippen LogP contribution in [0.15, 0.2) is 0 Å². The zero-order chi connectivity index (χ0) is 16.0. The molecule has 0 aliphatic carbocycles. The molecule has 1 saturated heterocycles. The number of aliphatic hydroxyl groups is 1. The number of hydrogen-bond acceptors (Lipinski definition) is 7. The van der Waals surface area contributed by atoms with Crippen LogP contribution in [0.1, 0.15) is 26.2 Å². The molecule has 3 atom stereocenters.